The van der Waals surface area contributed by atoms with Crippen LogP contribution in [-0.2, 0) is 9.53 Å². The lowest BCUT2D eigenvalue weighted by Gasteiger charge is -2.42. The molecular formula is C16H28Cl2N2O4. The Hall–Kier alpha value is -0.110. The van der Waals surface area contributed by atoms with E-state index in [0.29, 0.717) is 25.9 Å². The highest BCUT2D eigenvalue weighted by Crippen LogP contribution is 2.36. The van der Waals surface area contributed by atoms with Crippen molar-refractivity contribution >= 4 is 29.1 Å². The summed E-state index contributed by atoms with van der Waals surface area (Å²) in [6.07, 6.45) is 0.956. The number of nitrogens with zero attached hydrogens (tertiary/aromatic N) is 1. The van der Waals surface area contributed by atoms with Gasteiger partial charge >= 0.3 is 0 Å². The molecule has 140 valence electrons. The Bertz CT molecular complexity index is 421. The maximum atomic E-state index is 12.1. The van der Waals surface area contributed by atoms with Crippen LogP contribution in [0.2, 0.25) is 0 Å². The molecule has 2 fully saturated rings. The first-order chi connectivity index (χ1) is 11.3. The Morgan fingerprint density at radius 3 is 2.46 bits per heavy atom. The van der Waals surface area contributed by atoms with Crippen LogP contribution >= 0.6 is 23.2 Å². The highest BCUT2D eigenvalue weighted by Gasteiger charge is 2.41. The van der Waals surface area contributed by atoms with E-state index in [1.165, 1.54) is 7.11 Å². The number of hydrogen-bond donors (Lipinski definition) is 3. The van der Waals surface area contributed by atoms with Crippen molar-refractivity contribution in [2.45, 2.75) is 54.7 Å². The Morgan fingerprint density at radius 1 is 1.29 bits per heavy atom. The van der Waals surface area contributed by atoms with E-state index in [-0.39, 0.29) is 41.1 Å². The highest BCUT2D eigenvalue weighted by molar-refractivity contribution is 6.30. The van der Waals surface area contributed by atoms with Crippen LogP contribution in [0.5, 0.6) is 0 Å². The lowest BCUT2D eigenvalue weighted by atomic mass is 9.74. The van der Waals surface area contributed by atoms with Gasteiger partial charge in [0.25, 0.3) is 5.91 Å². The molecule has 1 saturated heterocycles. The minimum absolute atomic E-state index is 0.00322. The summed E-state index contributed by atoms with van der Waals surface area (Å²) in [5.74, 6) is -0.134. The van der Waals surface area contributed by atoms with Gasteiger partial charge in [-0.1, -0.05) is 0 Å². The van der Waals surface area contributed by atoms with E-state index in [0.717, 1.165) is 12.8 Å². The molecule has 1 aliphatic heterocycles. The number of alkyl halides is 2. The van der Waals surface area contributed by atoms with Gasteiger partial charge in [0.1, 0.15) is 0 Å². The van der Waals surface area contributed by atoms with Crippen molar-refractivity contribution in [1.82, 2.24) is 4.90 Å². The summed E-state index contributed by atoms with van der Waals surface area (Å²) in [6.45, 7) is 1.12. The molecule has 1 aliphatic carbocycles. The summed E-state index contributed by atoms with van der Waals surface area (Å²) in [5, 5.41) is 19.6. The normalized spacial score (nSPS) is 34.8. The number of aliphatic hydroxyl groups is 2. The first-order valence-corrected chi connectivity index (χ1v) is 9.40. The summed E-state index contributed by atoms with van der Waals surface area (Å²) < 4.78 is 4.82. The fourth-order valence-corrected chi connectivity index (χ4v) is 4.42. The van der Waals surface area contributed by atoms with E-state index in [4.69, 9.17) is 33.7 Å². The number of nitrogens with two attached hydrogens (primary N) is 1. The summed E-state index contributed by atoms with van der Waals surface area (Å²) in [6, 6.07) is -0.161. The fourth-order valence-electron chi connectivity index (χ4n) is 3.83. The zero-order chi connectivity index (χ0) is 17.9. The number of methoxy groups -OCH3 is 1. The van der Waals surface area contributed by atoms with Crippen molar-refractivity contribution < 1.29 is 19.7 Å². The molecule has 8 heteroatoms. The second-order valence-corrected chi connectivity index (χ2v) is 8.07. The van der Waals surface area contributed by atoms with Crippen molar-refractivity contribution in [3.05, 3.63) is 0 Å². The molecule has 1 amide bonds. The van der Waals surface area contributed by atoms with Gasteiger partial charge in [-0.3, -0.25) is 4.79 Å². The number of halogens is 2. The highest BCUT2D eigenvalue weighted by atomic mass is 35.5. The molecule has 0 aromatic carbocycles. The van der Waals surface area contributed by atoms with Crippen LogP contribution < -0.4 is 5.73 Å². The van der Waals surface area contributed by atoms with Crippen LogP contribution in [0.3, 0.4) is 0 Å². The molecule has 0 aromatic heterocycles. The molecular weight excluding hydrogens is 355 g/mol. The molecule has 6 nitrogen and oxygen atoms in total. The van der Waals surface area contributed by atoms with Crippen molar-refractivity contribution in [2.75, 3.05) is 26.8 Å². The third-order valence-corrected chi connectivity index (χ3v) is 6.44. The maximum absolute atomic E-state index is 12.1. The van der Waals surface area contributed by atoms with Gasteiger partial charge in [-0.15, -0.1) is 23.2 Å². The first-order valence-electron chi connectivity index (χ1n) is 8.52. The van der Waals surface area contributed by atoms with Crippen LogP contribution in [0, 0.1) is 11.8 Å². The Kier molecular flexibility index (Phi) is 7.59. The minimum Gasteiger partial charge on any atom is -0.393 e. The lowest BCUT2D eigenvalue weighted by Crippen LogP contribution is -2.52. The Morgan fingerprint density at radius 2 is 1.88 bits per heavy atom. The van der Waals surface area contributed by atoms with Crippen molar-refractivity contribution in [2.24, 2.45) is 17.6 Å². The number of hydrogen-bond acceptors (Lipinski definition) is 5. The Labute approximate surface area is 153 Å². The van der Waals surface area contributed by atoms with Crippen LogP contribution in [0.1, 0.15) is 25.7 Å². The molecule has 0 radical (unpaired) electrons. The molecule has 2 aliphatic rings. The molecule has 1 heterocycles. The molecule has 4 N–H and O–H groups in total. The van der Waals surface area contributed by atoms with Crippen molar-refractivity contribution in [3.8, 4) is 0 Å². The van der Waals surface area contributed by atoms with E-state index in [2.05, 4.69) is 0 Å². The summed E-state index contributed by atoms with van der Waals surface area (Å²) in [5.41, 5.74) is 6.42. The molecule has 6 atom stereocenters. The summed E-state index contributed by atoms with van der Waals surface area (Å²) in [7, 11) is 1.45. The number of carbonyl (C=O) groups excluding carboxylic acids is 1. The van der Waals surface area contributed by atoms with Gasteiger partial charge in [0, 0.05) is 32.2 Å². The predicted octanol–water partition coefficient (Wildman–Crippen LogP) is 0.545. The average Bonchev–Trinajstić information content (AvgIpc) is 2.57. The molecule has 24 heavy (non-hydrogen) atoms. The number of aliphatic hydroxyl groups excluding tert-OH is 2. The lowest BCUT2D eigenvalue weighted by molar-refractivity contribution is -0.144. The monoisotopic (exact) mass is 382 g/mol. The van der Waals surface area contributed by atoms with Gasteiger partial charge in [0.2, 0.25) is 0 Å². The fraction of sp³-hybridized carbons (Fsp3) is 0.938. The first kappa shape index (κ1) is 20.2. The average molecular weight is 383 g/mol. The number of piperidine rings is 1. The van der Waals surface area contributed by atoms with Crippen LogP contribution in [0.4, 0.5) is 0 Å². The van der Waals surface area contributed by atoms with Gasteiger partial charge in [0.15, 0.2) is 6.10 Å². The van der Waals surface area contributed by atoms with Crippen LogP contribution in [0.25, 0.3) is 0 Å². The standard InChI is InChI=1S/C16H28Cl2N2O4/c1-24-8-14(22)16(23)20-4-2-9(3-5-20)15(19)10-6-11(17)12(18)7-13(10)21/h9-15,21-22H,2-8,19H2,1H3/t10?,11?,12?,13?,14-,15+/m0/s1. The summed E-state index contributed by atoms with van der Waals surface area (Å²) in [4.78, 5) is 13.7. The third-order valence-electron chi connectivity index (χ3n) is 5.35. The smallest absolute Gasteiger partial charge is 0.253 e. The zero-order valence-corrected chi connectivity index (χ0v) is 15.5. The minimum atomic E-state index is -1.11. The predicted molar refractivity (Wildman–Crippen MR) is 93.2 cm³/mol. The quantitative estimate of drug-likeness (QED) is 0.603. The molecule has 4 unspecified atom stereocenters. The number of carbonyl (C=O) groups is 1. The van der Waals surface area contributed by atoms with Crippen LogP contribution in [0.15, 0.2) is 0 Å². The molecule has 0 aromatic rings. The van der Waals surface area contributed by atoms with Gasteiger partial charge < -0.3 is 25.6 Å². The number of likely N-dealkylation sites (tertiary alicyclic amines) is 1. The van der Waals surface area contributed by atoms with Gasteiger partial charge in [0.05, 0.1) is 23.5 Å². The van der Waals surface area contributed by atoms with Gasteiger partial charge in [-0.25, -0.2) is 0 Å². The molecule has 2 rings (SSSR count). The number of ether oxygens (including phenoxy) is 1. The molecule has 0 spiro atoms. The van der Waals surface area contributed by atoms with Gasteiger partial charge in [-0.2, -0.15) is 0 Å². The van der Waals surface area contributed by atoms with E-state index in [1.54, 1.807) is 4.90 Å². The van der Waals surface area contributed by atoms with E-state index < -0.39 is 12.2 Å². The van der Waals surface area contributed by atoms with E-state index >= 15 is 0 Å². The SMILES string of the molecule is COC[C@H](O)C(=O)N1CCC([C@@H](N)C2CC(Cl)C(Cl)CC2O)CC1. The Balaban J connectivity index is 1.86. The topological polar surface area (TPSA) is 96.0 Å². The van der Waals surface area contributed by atoms with E-state index in [1.807, 2.05) is 0 Å². The number of rotatable bonds is 5. The molecule has 0 bridgehead atoms. The van der Waals surface area contributed by atoms with Crippen molar-refractivity contribution in [1.29, 1.82) is 0 Å². The van der Waals surface area contributed by atoms with Gasteiger partial charge in [-0.05, 0) is 31.6 Å². The zero-order valence-electron chi connectivity index (χ0n) is 14.0. The number of amides is 1. The maximum Gasteiger partial charge on any atom is 0.253 e. The van der Waals surface area contributed by atoms with Crippen LogP contribution in [-0.4, -0.2) is 76.8 Å². The van der Waals surface area contributed by atoms with E-state index in [9.17, 15) is 15.0 Å². The summed E-state index contributed by atoms with van der Waals surface area (Å²) >= 11 is 12.4. The molecule has 1 saturated carbocycles. The largest absolute Gasteiger partial charge is 0.393 e. The second kappa shape index (κ2) is 9.01. The van der Waals surface area contributed by atoms with Crippen molar-refractivity contribution in [3.63, 3.8) is 0 Å². The third kappa shape index (κ3) is 4.74. The second-order valence-electron chi connectivity index (χ2n) is 6.95.